The standard InChI is InChI=1S/C12H11N3O/c16-8-11-7-15(14-13-11)12-5-4-9-2-1-3-10(9)6-12/h4-8H,1-3H2. The van der Waals surface area contributed by atoms with E-state index in [0.29, 0.717) is 12.0 Å². The van der Waals surface area contributed by atoms with Crippen LogP contribution in [0.15, 0.2) is 24.4 Å². The van der Waals surface area contributed by atoms with Crippen molar-refractivity contribution >= 4 is 6.29 Å². The number of nitrogens with zero attached hydrogens (tertiary/aromatic N) is 3. The Morgan fingerprint density at radius 3 is 2.94 bits per heavy atom. The van der Waals surface area contributed by atoms with Gasteiger partial charge in [0.1, 0.15) is 5.69 Å². The first kappa shape index (κ1) is 9.27. The molecule has 0 amide bonds. The molecule has 1 heterocycles. The summed E-state index contributed by atoms with van der Waals surface area (Å²) in [6.07, 6.45) is 5.89. The van der Waals surface area contributed by atoms with Gasteiger partial charge < -0.3 is 0 Å². The molecule has 0 unspecified atom stereocenters. The summed E-state index contributed by atoms with van der Waals surface area (Å²) >= 11 is 0. The van der Waals surface area contributed by atoms with E-state index in [1.807, 2.05) is 6.07 Å². The first-order chi connectivity index (χ1) is 7.86. The highest BCUT2D eigenvalue weighted by atomic mass is 16.1. The van der Waals surface area contributed by atoms with Gasteiger partial charge in [-0.05, 0) is 42.5 Å². The molecular formula is C12H11N3O. The van der Waals surface area contributed by atoms with E-state index in [1.54, 1.807) is 10.9 Å². The lowest BCUT2D eigenvalue weighted by Crippen LogP contribution is -1.96. The number of carbonyl (C=O) groups is 1. The van der Waals surface area contributed by atoms with E-state index in [4.69, 9.17) is 0 Å². The average Bonchev–Trinajstić information content (AvgIpc) is 2.96. The molecule has 0 saturated heterocycles. The van der Waals surface area contributed by atoms with E-state index in [-0.39, 0.29) is 0 Å². The van der Waals surface area contributed by atoms with Gasteiger partial charge in [0.2, 0.25) is 0 Å². The van der Waals surface area contributed by atoms with Gasteiger partial charge in [0, 0.05) is 0 Å². The molecule has 16 heavy (non-hydrogen) atoms. The topological polar surface area (TPSA) is 47.8 Å². The van der Waals surface area contributed by atoms with Crippen molar-refractivity contribution in [2.75, 3.05) is 0 Å². The number of aromatic nitrogens is 3. The molecule has 4 heteroatoms. The minimum Gasteiger partial charge on any atom is -0.296 e. The first-order valence-electron chi connectivity index (χ1n) is 5.36. The van der Waals surface area contributed by atoms with Crippen LogP contribution in [0.2, 0.25) is 0 Å². The molecule has 3 rings (SSSR count). The molecule has 2 aromatic rings. The van der Waals surface area contributed by atoms with Crippen LogP contribution in [0.3, 0.4) is 0 Å². The average molecular weight is 213 g/mol. The van der Waals surface area contributed by atoms with Crippen LogP contribution >= 0.6 is 0 Å². The Bertz CT molecular complexity index is 545. The number of hydrogen-bond acceptors (Lipinski definition) is 3. The monoisotopic (exact) mass is 213 g/mol. The highest BCUT2D eigenvalue weighted by Gasteiger charge is 2.11. The second kappa shape index (κ2) is 3.56. The maximum atomic E-state index is 10.5. The number of carbonyl (C=O) groups excluding carboxylic acids is 1. The zero-order chi connectivity index (χ0) is 11.0. The van der Waals surface area contributed by atoms with Crippen LogP contribution in [0.5, 0.6) is 0 Å². The van der Waals surface area contributed by atoms with Crippen LogP contribution in [0.25, 0.3) is 5.69 Å². The van der Waals surface area contributed by atoms with Gasteiger partial charge in [0.05, 0.1) is 11.9 Å². The van der Waals surface area contributed by atoms with Crippen LogP contribution in [-0.2, 0) is 12.8 Å². The number of fused-ring (bicyclic) bond motifs is 1. The smallest absolute Gasteiger partial charge is 0.171 e. The molecule has 0 aliphatic heterocycles. The van der Waals surface area contributed by atoms with Gasteiger partial charge in [-0.25, -0.2) is 4.68 Å². The van der Waals surface area contributed by atoms with Gasteiger partial charge in [-0.1, -0.05) is 11.3 Å². The summed E-state index contributed by atoms with van der Waals surface area (Å²) in [7, 11) is 0. The number of hydrogen-bond donors (Lipinski definition) is 0. The van der Waals surface area contributed by atoms with Gasteiger partial charge in [-0.15, -0.1) is 5.10 Å². The molecule has 0 bridgehead atoms. The molecular weight excluding hydrogens is 202 g/mol. The quantitative estimate of drug-likeness (QED) is 0.711. The van der Waals surface area contributed by atoms with Crippen molar-refractivity contribution in [2.45, 2.75) is 19.3 Å². The molecule has 1 aliphatic carbocycles. The molecule has 1 aromatic carbocycles. The van der Waals surface area contributed by atoms with E-state index in [9.17, 15) is 4.79 Å². The second-order valence-corrected chi connectivity index (χ2v) is 4.01. The second-order valence-electron chi connectivity index (χ2n) is 4.01. The lowest BCUT2D eigenvalue weighted by atomic mass is 10.1. The minimum atomic E-state index is 0.362. The summed E-state index contributed by atoms with van der Waals surface area (Å²) in [4.78, 5) is 10.5. The van der Waals surface area contributed by atoms with E-state index < -0.39 is 0 Å². The number of rotatable bonds is 2. The molecule has 0 fully saturated rings. The number of aryl methyl sites for hydroxylation is 2. The van der Waals surface area contributed by atoms with Gasteiger partial charge in [0.15, 0.2) is 6.29 Å². The Morgan fingerprint density at radius 1 is 1.25 bits per heavy atom. The third-order valence-corrected chi connectivity index (χ3v) is 2.98. The van der Waals surface area contributed by atoms with Crippen molar-refractivity contribution in [2.24, 2.45) is 0 Å². The van der Waals surface area contributed by atoms with Crippen LogP contribution in [0.1, 0.15) is 28.0 Å². The van der Waals surface area contributed by atoms with Gasteiger partial charge in [-0.3, -0.25) is 4.79 Å². The van der Waals surface area contributed by atoms with E-state index in [1.165, 1.54) is 24.0 Å². The molecule has 4 nitrogen and oxygen atoms in total. The molecule has 0 N–H and O–H groups in total. The Labute approximate surface area is 92.9 Å². The van der Waals surface area contributed by atoms with Crippen LogP contribution in [-0.4, -0.2) is 21.3 Å². The fourth-order valence-electron chi connectivity index (χ4n) is 2.16. The molecule has 0 radical (unpaired) electrons. The maximum absolute atomic E-state index is 10.5. The Balaban J connectivity index is 2.03. The summed E-state index contributed by atoms with van der Waals surface area (Å²) in [5, 5.41) is 7.67. The Kier molecular flexibility index (Phi) is 2.06. The molecule has 0 atom stereocenters. The van der Waals surface area contributed by atoms with Crippen molar-refractivity contribution in [1.29, 1.82) is 0 Å². The fraction of sp³-hybridized carbons (Fsp3) is 0.250. The largest absolute Gasteiger partial charge is 0.296 e. The third kappa shape index (κ3) is 1.43. The SMILES string of the molecule is O=Cc1cn(-c2ccc3c(c2)CCC3)nn1. The molecule has 0 saturated carbocycles. The molecule has 1 aromatic heterocycles. The van der Waals surface area contributed by atoms with E-state index in [2.05, 4.69) is 22.4 Å². The lowest BCUT2D eigenvalue weighted by Gasteiger charge is -2.03. The predicted molar refractivity (Wildman–Crippen MR) is 58.8 cm³/mol. The van der Waals surface area contributed by atoms with Crippen molar-refractivity contribution in [3.05, 3.63) is 41.2 Å². The highest BCUT2D eigenvalue weighted by Crippen LogP contribution is 2.23. The third-order valence-electron chi connectivity index (χ3n) is 2.98. The van der Waals surface area contributed by atoms with Gasteiger partial charge in [0.25, 0.3) is 0 Å². The Morgan fingerprint density at radius 2 is 2.12 bits per heavy atom. The number of aldehydes is 1. The fourth-order valence-corrected chi connectivity index (χ4v) is 2.16. The minimum absolute atomic E-state index is 0.362. The summed E-state index contributed by atoms with van der Waals surface area (Å²) in [5.74, 6) is 0. The van der Waals surface area contributed by atoms with Crippen LogP contribution in [0.4, 0.5) is 0 Å². The van der Waals surface area contributed by atoms with Crippen LogP contribution < -0.4 is 0 Å². The zero-order valence-electron chi connectivity index (χ0n) is 8.76. The highest BCUT2D eigenvalue weighted by molar-refractivity contribution is 5.70. The first-order valence-corrected chi connectivity index (χ1v) is 5.36. The summed E-state index contributed by atoms with van der Waals surface area (Å²) in [5.41, 5.74) is 4.15. The van der Waals surface area contributed by atoms with Gasteiger partial charge in [-0.2, -0.15) is 0 Å². The predicted octanol–water partition coefficient (Wildman–Crippen LogP) is 1.57. The number of benzene rings is 1. The van der Waals surface area contributed by atoms with Crippen LogP contribution in [0, 0.1) is 0 Å². The maximum Gasteiger partial charge on any atom is 0.171 e. The van der Waals surface area contributed by atoms with E-state index in [0.717, 1.165) is 12.1 Å². The molecule has 0 spiro atoms. The van der Waals surface area contributed by atoms with E-state index >= 15 is 0 Å². The van der Waals surface area contributed by atoms with Crippen molar-refractivity contribution in [3.8, 4) is 5.69 Å². The summed E-state index contributed by atoms with van der Waals surface area (Å²) in [6, 6.07) is 6.29. The van der Waals surface area contributed by atoms with Crippen molar-refractivity contribution in [1.82, 2.24) is 15.0 Å². The van der Waals surface area contributed by atoms with Gasteiger partial charge >= 0.3 is 0 Å². The van der Waals surface area contributed by atoms with Crippen molar-refractivity contribution in [3.63, 3.8) is 0 Å². The Hall–Kier alpha value is -1.97. The summed E-state index contributed by atoms with van der Waals surface area (Å²) in [6.45, 7) is 0. The molecule has 1 aliphatic rings. The van der Waals surface area contributed by atoms with Crippen molar-refractivity contribution < 1.29 is 4.79 Å². The lowest BCUT2D eigenvalue weighted by molar-refractivity contribution is 0.111. The summed E-state index contributed by atoms with van der Waals surface area (Å²) < 4.78 is 1.64. The molecule has 80 valence electrons. The zero-order valence-corrected chi connectivity index (χ0v) is 8.76. The normalized spacial score (nSPS) is 13.8.